The number of hydrogen-bond acceptors (Lipinski definition) is 5. The van der Waals surface area contributed by atoms with Gasteiger partial charge in [0.1, 0.15) is 17.4 Å². The summed E-state index contributed by atoms with van der Waals surface area (Å²) in [6, 6.07) is 6.79. The van der Waals surface area contributed by atoms with Crippen molar-refractivity contribution in [2.75, 3.05) is 6.61 Å². The Kier molecular flexibility index (Phi) is 5.19. The number of halogens is 2. The molecule has 1 aromatic rings. The summed E-state index contributed by atoms with van der Waals surface area (Å²) in [6.45, 7) is 3.46. The second-order valence-electron chi connectivity index (χ2n) is 4.78. The van der Waals surface area contributed by atoms with E-state index in [1.807, 2.05) is 6.07 Å². The van der Waals surface area contributed by atoms with E-state index in [0.717, 1.165) is 0 Å². The van der Waals surface area contributed by atoms with Crippen LogP contribution in [0.1, 0.15) is 25.3 Å². The molecule has 1 unspecified atom stereocenters. The Bertz CT molecular complexity index is 763. The van der Waals surface area contributed by atoms with Crippen LogP contribution in [0.15, 0.2) is 41.0 Å². The zero-order chi connectivity index (χ0) is 17.1. The Morgan fingerprint density at radius 1 is 1.48 bits per heavy atom. The van der Waals surface area contributed by atoms with Crippen molar-refractivity contribution in [1.29, 1.82) is 5.26 Å². The van der Waals surface area contributed by atoms with Gasteiger partial charge in [-0.1, -0.05) is 23.2 Å². The third-order valence-corrected chi connectivity index (χ3v) is 3.95. The minimum atomic E-state index is -0.793. The molecule has 1 aromatic carbocycles. The largest absolute Gasteiger partial charge is 0.463 e. The fourth-order valence-electron chi connectivity index (χ4n) is 2.40. The monoisotopic (exact) mass is 352 g/mol. The predicted molar refractivity (Wildman–Crippen MR) is 86.4 cm³/mol. The number of rotatable bonds is 3. The van der Waals surface area contributed by atoms with E-state index in [0.29, 0.717) is 15.6 Å². The Labute approximate surface area is 143 Å². The Morgan fingerprint density at radius 3 is 2.78 bits per heavy atom. The fraction of sp³-hybridized carbons (Fsp3) is 0.250. The van der Waals surface area contributed by atoms with Crippen LogP contribution in [0.4, 0.5) is 0 Å². The molecule has 0 bridgehead atoms. The van der Waals surface area contributed by atoms with Gasteiger partial charge in [-0.05, 0) is 37.6 Å². The molecule has 1 atom stereocenters. The van der Waals surface area contributed by atoms with Crippen molar-refractivity contribution >= 4 is 29.2 Å². The molecule has 2 N–H and O–H groups in total. The second-order valence-corrected chi connectivity index (χ2v) is 5.62. The summed E-state index contributed by atoms with van der Waals surface area (Å²) >= 11 is 12.3. The van der Waals surface area contributed by atoms with E-state index in [9.17, 15) is 10.1 Å². The molecule has 2 rings (SSSR count). The molecule has 1 aliphatic rings. The van der Waals surface area contributed by atoms with Crippen LogP contribution in [-0.4, -0.2) is 12.6 Å². The molecule has 1 heterocycles. The highest BCUT2D eigenvalue weighted by molar-refractivity contribution is 6.33. The lowest BCUT2D eigenvalue weighted by Gasteiger charge is -2.27. The second kappa shape index (κ2) is 6.95. The van der Waals surface area contributed by atoms with E-state index in [1.54, 1.807) is 32.0 Å². The zero-order valence-electron chi connectivity index (χ0n) is 12.5. The van der Waals surface area contributed by atoms with Crippen molar-refractivity contribution in [3.8, 4) is 6.07 Å². The van der Waals surface area contributed by atoms with Gasteiger partial charge in [0.25, 0.3) is 0 Å². The molecule has 5 nitrogen and oxygen atoms in total. The summed E-state index contributed by atoms with van der Waals surface area (Å²) < 4.78 is 10.4. The van der Waals surface area contributed by atoms with E-state index in [4.69, 9.17) is 38.4 Å². The SMILES string of the molecule is CCOC(=O)C1=C(C)OC(N)=C(C#N)C1c1cc(Cl)ccc1Cl. The van der Waals surface area contributed by atoms with Gasteiger partial charge >= 0.3 is 5.97 Å². The Hall–Kier alpha value is -2.16. The summed E-state index contributed by atoms with van der Waals surface area (Å²) in [7, 11) is 0. The number of nitriles is 1. The lowest BCUT2D eigenvalue weighted by atomic mass is 9.83. The quantitative estimate of drug-likeness (QED) is 0.839. The zero-order valence-corrected chi connectivity index (χ0v) is 14.0. The van der Waals surface area contributed by atoms with Crippen LogP contribution in [-0.2, 0) is 14.3 Å². The number of ether oxygens (including phenoxy) is 2. The Morgan fingerprint density at radius 2 is 2.17 bits per heavy atom. The molecule has 23 heavy (non-hydrogen) atoms. The van der Waals surface area contributed by atoms with Crippen LogP contribution in [0.5, 0.6) is 0 Å². The highest BCUT2D eigenvalue weighted by Crippen LogP contribution is 2.42. The topological polar surface area (TPSA) is 85.3 Å². The highest BCUT2D eigenvalue weighted by Gasteiger charge is 2.37. The lowest BCUT2D eigenvalue weighted by Crippen LogP contribution is -2.25. The minimum Gasteiger partial charge on any atom is -0.463 e. The maximum atomic E-state index is 12.3. The smallest absolute Gasteiger partial charge is 0.338 e. The lowest BCUT2D eigenvalue weighted by molar-refractivity contribution is -0.139. The van der Waals surface area contributed by atoms with E-state index < -0.39 is 11.9 Å². The molecular weight excluding hydrogens is 339 g/mol. The van der Waals surface area contributed by atoms with E-state index in [-0.39, 0.29) is 29.4 Å². The predicted octanol–water partition coefficient (Wildman–Crippen LogP) is 3.64. The van der Waals surface area contributed by atoms with Crippen molar-refractivity contribution < 1.29 is 14.3 Å². The summed E-state index contributed by atoms with van der Waals surface area (Å²) in [5.41, 5.74) is 6.56. The van der Waals surface area contributed by atoms with Crippen LogP contribution in [0.25, 0.3) is 0 Å². The first-order valence-electron chi connectivity index (χ1n) is 6.81. The molecule has 0 saturated heterocycles. The number of esters is 1. The van der Waals surface area contributed by atoms with Crippen LogP contribution < -0.4 is 5.73 Å². The number of allylic oxidation sites excluding steroid dienone is 2. The summed E-state index contributed by atoms with van der Waals surface area (Å²) in [4.78, 5) is 12.3. The van der Waals surface area contributed by atoms with Crippen LogP contribution in [0.3, 0.4) is 0 Å². The Balaban J connectivity index is 2.69. The van der Waals surface area contributed by atoms with Gasteiger partial charge in [-0.25, -0.2) is 4.79 Å². The van der Waals surface area contributed by atoms with Crippen molar-refractivity contribution in [3.05, 3.63) is 56.6 Å². The molecular formula is C16H14Cl2N2O3. The van der Waals surface area contributed by atoms with Gasteiger partial charge in [0.15, 0.2) is 0 Å². The van der Waals surface area contributed by atoms with Gasteiger partial charge in [0.05, 0.1) is 18.1 Å². The minimum absolute atomic E-state index is 0.0703. The van der Waals surface area contributed by atoms with Gasteiger partial charge in [0, 0.05) is 10.0 Å². The molecule has 0 aliphatic carbocycles. The first kappa shape index (κ1) is 17.2. The van der Waals surface area contributed by atoms with E-state index in [1.165, 1.54) is 0 Å². The average Bonchev–Trinajstić information content (AvgIpc) is 2.49. The average molecular weight is 353 g/mol. The van der Waals surface area contributed by atoms with Crippen LogP contribution in [0, 0.1) is 11.3 Å². The van der Waals surface area contributed by atoms with Gasteiger partial charge in [0.2, 0.25) is 5.88 Å². The number of nitrogens with zero attached hydrogens (tertiary/aromatic N) is 1. The molecule has 0 saturated carbocycles. The van der Waals surface area contributed by atoms with Crippen molar-refractivity contribution in [3.63, 3.8) is 0 Å². The molecule has 0 amide bonds. The molecule has 7 heteroatoms. The molecule has 1 aliphatic heterocycles. The first-order chi connectivity index (χ1) is 10.9. The molecule has 0 radical (unpaired) electrons. The number of hydrogen-bond donors (Lipinski definition) is 1. The van der Waals surface area contributed by atoms with Crippen molar-refractivity contribution in [2.45, 2.75) is 19.8 Å². The van der Waals surface area contributed by atoms with Crippen molar-refractivity contribution in [2.24, 2.45) is 5.73 Å². The maximum absolute atomic E-state index is 12.3. The summed E-state index contributed by atoms with van der Waals surface area (Å²) in [5, 5.41) is 10.2. The summed E-state index contributed by atoms with van der Waals surface area (Å²) in [6.07, 6.45) is 0. The molecule has 0 spiro atoms. The normalized spacial score (nSPS) is 17.6. The number of carbonyl (C=O) groups excluding carboxylic acids is 1. The third-order valence-electron chi connectivity index (χ3n) is 3.37. The van der Waals surface area contributed by atoms with Crippen molar-refractivity contribution in [1.82, 2.24) is 0 Å². The molecule has 0 fully saturated rings. The van der Waals surface area contributed by atoms with Gasteiger partial charge in [-0.15, -0.1) is 0 Å². The number of benzene rings is 1. The van der Waals surface area contributed by atoms with Gasteiger partial charge in [-0.3, -0.25) is 0 Å². The molecule has 0 aromatic heterocycles. The fourth-order valence-corrected chi connectivity index (χ4v) is 2.81. The van der Waals surface area contributed by atoms with Crippen LogP contribution in [0.2, 0.25) is 10.0 Å². The number of carbonyl (C=O) groups is 1. The van der Waals surface area contributed by atoms with E-state index in [2.05, 4.69) is 0 Å². The van der Waals surface area contributed by atoms with Crippen LogP contribution >= 0.6 is 23.2 Å². The van der Waals surface area contributed by atoms with Gasteiger partial charge < -0.3 is 15.2 Å². The number of nitrogens with two attached hydrogens (primary N) is 1. The highest BCUT2D eigenvalue weighted by atomic mass is 35.5. The van der Waals surface area contributed by atoms with E-state index >= 15 is 0 Å². The summed E-state index contributed by atoms with van der Waals surface area (Å²) in [5.74, 6) is -1.19. The maximum Gasteiger partial charge on any atom is 0.338 e. The first-order valence-corrected chi connectivity index (χ1v) is 7.56. The molecule has 120 valence electrons. The standard InChI is InChI=1S/C16H14Cl2N2O3/c1-3-22-16(21)13-8(2)23-15(20)11(7-19)14(13)10-6-9(17)4-5-12(10)18/h4-6,14H,3,20H2,1-2H3. The van der Waals surface area contributed by atoms with Gasteiger partial charge in [-0.2, -0.15) is 5.26 Å². The third kappa shape index (κ3) is 3.29.